The monoisotopic (exact) mass is 396 g/mol. The SMILES string of the molecule is C.COCC(COPC)OPC.Cc1ccc(C(C)C)c(OP)c1. The Balaban J connectivity index is 0. The summed E-state index contributed by atoms with van der Waals surface area (Å²) in [6, 6.07) is 6.30. The fraction of sp³-hybridized carbons (Fsp3) is 0.647. The van der Waals surface area contributed by atoms with E-state index in [0.29, 0.717) is 36.7 Å². The molecule has 24 heavy (non-hydrogen) atoms. The van der Waals surface area contributed by atoms with Crippen molar-refractivity contribution in [3.8, 4) is 5.75 Å². The summed E-state index contributed by atoms with van der Waals surface area (Å²) in [6.07, 6.45) is 0.107. The molecule has 1 aromatic carbocycles. The van der Waals surface area contributed by atoms with Crippen LogP contribution in [0.3, 0.4) is 0 Å². The van der Waals surface area contributed by atoms with Gasteiger partial charge < -0.3 is 18.3 Å². The van der Waals surface area contributed by atoms with Gasteiger partial charge in [-0.1, -0.05) is 33.4 Å². The zero-order chi connectivity index (χ0) is 17.7. The molecule has 0 heterocycles. The maximum atomic E-state index is 5.37. The molecule has 7 heteroatoms. The fourth-order valence-corrected chi connectivity index (χ4v) is 2.89. The van der Waals surface area contributed by atoms with E-state index in [1.807, 2.05) is 13.3 Å². The van der Waals surface area contributed by atoms with Crippen LogP contribution in [0.2, 0.25) is 0 Å². The molecular weight excluding hydrogens is 361 g/mol. The summed E-state index contributed by atoms with van der Waals surface area (Å²) in [5.41, 5.74) is 2.49. The molecule has 0 N–H and O–H groups in total. The Kier molecular flexibility index (Phi) is 18.3. The summed E-state index contributed by atoms with van der Waals surface area (Å²) in [6.45, 7) is 11.6. The lowest BCUT2D eigenvalue weighted by Crippen LogP contribution is -2.20. The summed E-state index contributed by atoms with van der Waals surface area (Å²) in [5.74, 6) is 1.48. The first-order valence-electron chi connectivity index (χ1n) is 7.57. The van der Waals surface area contributed by atoms with Crippen LogP contribution in [-0.2, 0) is 13.8 Å². The lowest BCUT2D eigenvalue weighted by atomic mass is 10.0. The van der Waals surface area contributed by atoms with E-state index in [9.17, 15) is 0 Å². The Morgan fingerprint density at radius 3 is 2.25 bits per heavy atom. The van der Waals surface area contributed by atoms with Gasteiger partial charge in [-0.3, -0.25) is 0 Å². The van der Waals surface area contributed by atoms with Crippen molar-refractivity contribution in [2.75, 3.05) is 33.7 Å². The van der Waals surface area contributed by atoms with E-state index in [1.165, 1.54) is 11.1 Å². The molecule has 0 radical (unpaired) electrons. The second-order valence-corrected chi connectivity index (χ2v) is 6.80. The molecule has 1 rings (SSSR count). The maximum absolute atomic E-state index is 5.37. The minimum Gasteiger partial charge on any atom is -0.480 e. The van der Waals surface area contributed by atoms with Gasteiger partial charge in [0, 0.05) is 24.7 Å². The number of hydrogen-bond acceptors (Lipinski definition) is 4. The molecule has 0 saturated heterocycles. The summed E-state index contributed by atoms with van der Waals surface area (Å²) in [7, 11) is 4.99. The first-order chi connectivity index (χ1) is 11.0. The Morgan fingerprint density at radius 1 is 1.12 bits per heavy atom. The number of aryl methyl sites for hydroxylation is 1. The Hall–Kier alpha value is 0.190. The van der Waals surface area contributed by atoms with Gasteiger partial charge in [-0.05, 0) is 43.4 Å². The third-order valence-electron chi connectivity index (χ3n) is 2.97. The minimum atomic E-state index is 0. The van der Waals surface area contributed by atoms with Crippen LogP contribution in [0.1, 0.15) is 38.3 Å². The van der Waals surface area contributed by atoms with Crippen molar-refractivity contribution in [3.05, 3.63) is 29.3 Å². The molecule has 4 atom stereocenters. The minimum absolute atomic E-state index is 0. The van der Waals surface area contributed by atoms with Crippen LogP contribution < -0.4 is 4.52 Å². The van der Waals surface area contributed by atoms with Crippen LogP contribution in [0.5, 0.6) is 5.75 Å². The van der Waals surface area contributed by atoms with Gasteiger partial charge in [0.25, 0.3) is 0 Å². The molecule has 1 aromatic rings. The molecule has 0 saturated carbocycles. The molecular formula is C17H35O4P3. The van der Waals surface area contributed by atoms with Gasteiger partial charge in [-0.25, -0.2) is 0 Å². The highest BCUT2D eigenvalue weighted by Crippen LogP contribution is 2.28. The predicted molar refractivity (Wildman–Crippen MR) is 114 cm³/mol. The van der Waals surface area contributed by atoms with E-state index in [2.05, 4.69) is 48.4 Å². The zero-order valence-electron chi connectivity index (χ0n) is 15.0. The van der Waals surface area contributed by atoms with Crippen LogP contribution >= 0.6 is 27.1 Å². The van der Waals surface area contributed by atoms with E-state index in [1.54, 1.807) is 7.11 Å². The van der Waals surface area contributed by atoms with Crippen LogP contribution in [-0.4, -0.2) is 39.8 Å². The molecule has 0 spiro atoms. The second kappa shape index (κ2) is 16.6. The third kappa shape index (κ3) is 11.7. The number of benzene rings is 1. The summed E-state index contributed by atoms with van der Waals surface area (Å²) >= 11 is 0. The van der Waals surface area contributed by atoms with Crippen molar-refractivity contribution < 1.29 is 18.3 Å². The van der Waals surface area contributed by atoms with Gasteiger partial charge in [-0.15, -0.1) is 0 Å². The van der Waals surface area contributed by atoms with Crippen LogP contribution in [0.4, 0.5) is 0 Å². The van der Waals surface area contributed by atoms with Crippen molar-refractivity contribution in [2.24, 2.45) is 0 Å². The molecule has 0 fully saturated rings. The summed E-state index contributed by atoms with van der Waals surface area (Å²) < 4.78 is 20.8. The number of rotatable bonds is 9. The van der Waals surface area contributed by atoms with Crippen LogP contribution in [0.25, 0.3) is 0 Å². The normalized spacial score (nSPS) is 12.3. The van der Waals surface area contributed by atoms with Crippen LogP contribution in [0.15, 0.2) is 18.2 Å². The van der Waals surface area contributed by atoms with Crippen molar-refractivity contribution in [3.63, 3.8) is 0 Å². The first kappa shape index (κ1) is 26.4. The van der Waals surface area contributed by atoms with E-state index in [0.717, 1.165) is 5.75 Å². The molecule has 4 nitrogen and oxygen atoms in total. The quantitative estimate of drug-likeness (QED) is 0.524. The van der Waals surface area contributed by atoms with E-state index in [-0.39, 0.29) is 13.5 Å². The highest BCUT2D eigenvalue weighted by Gasteiger charge is 2.07. The molecule has 142 valence electrons. The van der Waals surface area contributed by atoms with Gasteiger partial charge in [0.1, 0.15) is 11.9 Å². The van der Waals surface area contributed by atoms with E-state index >= 15 is 0 Å². The smallest absolute Gasteiger partial charge is 0.126 e. The summed E-state index contributed by atoms with van der Waals surface area (Å²) in [5, 5.41) is 0. The molecule has 0 amide bonds. The van der Waals surface area contributed by atoms with Gasteiger partial charge in [0.15, 0.2) is 0 Å². The highest BCUT2D eigenvalue weighted by atomic mass is 31.1. The Labute approximate surface area is 154 Å². The van der Waals surface area contributed by atoms with E-state index in [4.69, 9.17) is 18.3 Å². The van der Waals surface area contributed by atoms with Gasteiger partial charge in [0.05, 0.1) is 22.7 Å². The van der Waals surface area contributed by atoms with Crippen molar-refractivity contribution in [1.82, 2.24) is 0 Å². The molecule has 4 unspecified atom stereocenters. The van der Waals surface area contributed by atoms with Crippen molar-refractivity contribution in [2.45, 2.75) is 40.2 Å². The van der Waals surface area contributed by atoms with Gasteiger partial charge >= 0.3 is 0 Å². The lowest BCUT2D eigenvalue weighted by Gasteiger charge is -2.14. The average molecular weight is 396 g/mol. The van der Waals surface area contributed by atoms with Gasteiger partial charge in [-0.2, -0.15) is 0 Å². The maximum Gasteiger partial charge on any atom is 0.126 e. The fourth-order valence-electron chi connectivity index (χ4n) is 1.87. The molecule has 0 aromatic heterocycles. The van der Waals surface area contributed by atoms with Crippen molar-refractivity contribution in [1.29, 1.82) is 0 Å². The number of ether oxygens (including phenoxy) is 1. The molecule has 0 aliphatic rings. The number of methoxy groups -OCH3 is 1. The van der Waals surface area contributed by atoms with Crippen molar-refractivity contribution >= 4 is 27.1 Å². The van der Waals surface area contributed by atoms with Gasteiger partial charge in [0.2, 0.25) is 0 Å². The lowest BCUT2D eigenvalue weighted by molar-refractivity contribution is 0.0633. The van der Waals surface area contributed by atoms with E-state index < -0.39 is 0 Å². The molecule has 0 aliphatic heterocycles. The average Bonchev–Trinajstić information content (AvgIpc) is 2.53. The third-order valence-corrected chi connectivity index (χ3v) is 4.25. The number of hydrogen-bond donors (Lipinski definition) is 0. The second-order valence-electron chi connectivity index (χ2n) is 5.23. The summed E-state index contributed by atoms with van der Waals surface area (Å²) in [4.78, 5) is 0. The zero-order valence-corrected chi connectivity index (χ0v) is 18.2. The standard InChI is InChI=1S/C10H15OP.C6H16O3P2.CH4/c1-7(2)9-5-4-8(3)6-10(9)11-12;1-7-4-6(9-11-3)5-8-10-2;/h4-7H,12H2,1-3H3;6,10-11H,4-5H2,1-3H3;1H4. The molecule has 0 bridgehead atoms. The largest absolute Gasteiger partial charge is 0.480 e. The molecule has 0 aliphatic carbocycles. The first-order valence-corrected chi connectivity index (χ1v) is 10.9. The predicted octanol–water partition coefficient (Wildman–Crippen LogP) is 5.40. The topological polar surface area (TPSA) is 36.9 Å². The Morgan fingerprint density at radius 2 is 1.79 bits per heavy atom. The highest BCUT2D eigenvalue weighted by molar-refractivity contribution is 7.31. The van der Waals surface area contributed by atoms with Crippen LogP contribution in [0, 0.1) is 6.92 Å². The Bertz CT molecular complexity index is 411.